The lowest BCUT2D eigenvalue weighted by molar-refractivity contribution is 0.497. The fourth-order valence-electron chi connectivity index (χ4n) is 2.76. The zero-order valence-corrected chi connectivity index (χ0v) is 12.0. The third-order valence-corrected chi connectivity index (χ3v) is 3.93. The minimum atomic E-state index is 0.887. The van der Waals surface area contributed by atoms with E-state index in [0.717, 1.165) is 25.3 Å². The van der Waals surface area contributed by atoms with Crippen LogP contribution in [-0.2, 0) is 20.0 Å². The molecule has 0 spiro atoms. The van der Waals surface area contributed by atoms with Gasteiger partial charge in [0.05, 0.1) is 6.26 Å². The molecule has 1 N–H and O–H groups in total. The van der Waals surface area contributed by atoms with Gasteiger partial charge in [-0.3, -0.25) is 0 Å². The van der Waals surface area contributed by atoms with Crippen LogP contribution in [0.3, 0.4) is 0 Å². The maximum absolute atomic E-state index is 5.34. The van der Waals surface area contributed by atoms with Crippen LogP contribution in [0.2, 0.25) is 0 Å². The normalized spacial score (nSPS) is 11.3. The first kappa shape index (κ1) is 13.0. The molecule has 0 unspecified atom stereocenters. The summed E-state index contributed by atoms with van der Waals surface area (Å²) in [5, 5.41) is 4.85. The van der Waals surface area contributed by atoms with Gasteiger partial charge in [-0.1, -0.05) is 18.2 Å². The Labute approximate surface area is 119 Å². The Balaban J connectivity index is 1.68. The second kappa shape index (κ2) is 5.55. The van der Waals surface area contributed by atoms with Crippen LogP contribution in [0, 0.1) is 6.92 Å². The number of rotatable bonds is 5. The van der Waals surface area contributed by atoms with E-state index in [1.165, 1.54) is 22.2 Å². The van der Waals surface area contributed by atoms with E-state index in [-0.39, 0.29) is 0 Å². The van der Waals surface area contributed by atoms with Crippen LogP contribution in [0.25, 0.3) is 10.9 Å². The molecule has 2 aromatic heterocycles. The van der Waals surface area contributed by atoms with Crippen LogP contribution < -0.4 is 5.32 Å². The molecule has 0 radical (unpaired) electrons. The number of nitrogens with zero attached hydrogens (tertiary/aromatic N) is 1. The quantitative estimate of drug-likeness (QED) is 0.719. The monoisotopic (exact) mass is 268 g/mol. The molecule has 0 fully saturated rings. The van der Waals surface area contributed by atoms with Gasteiger partial charge < -0.3 is 14.3 Å². The van der Waals surface area contributed by atoms with Crippen LogP contribution in [0.1, 0.15) is 17.0 Å². The van der Waals surface area contributed by atoms with Crippen molar-refractivity contribution in [3.05, 3.63) is 59.7 Å². The smallest absolute Gasteiger partial charge is 0.105 e. The van der Waals surface area contributed by atoms with Crippen molar-refractivity contribution < 1.29 is 4.42 Å². The fourth-order valence-corrected chi connectivity index (χ4v) is 2.76. The summed E-state index contributed by atoms with van der Waals surface area (Å²) in [6.45, 7) is 4.01. The lowest BCUT2D eigenvalue weighted by Gasteiger charge is -2.07. The predicted molar refractivity (Wildman–Crippen MR) is 81.8 cm³/mol. The van der Waals surface area contributed by atoms with Gasteiger partial charge in [-0.25, -0.2) is 0 Å². The van der Waals surface area contributed by atoms with E-state index in [9.17, 15) is 0 Å². The van der Waals surface area contributed by atoms with Crippen LogP contribution in [-0.4, -0.2) is 11.1 Å². The molecule has 0 saturated heterocycles. The summed E-state index contributed by atoms with van der Waals surface area (Å²) < 4.78 is 7.62. The SMILES string of the molecule is Cc1c(CNCCc2ccco2)n(C)c2ccccc12. The Bertz CT molecular complexity index is 656. The Morgan fingerprint density at radius 3 is 2.75 bits per heavy atom. The largest absolute Gasteiger partial charge is 0.469 e. The average Bonchev–Trinajstić information content (AvgIpc) is 3.06. The highest BCUT2D eigenvalue weighted by atomic mass is 16.3. The number of benzene rings is 1. The Morgan fingerprint density at radius 1 is 1.15 bits per heavy atom. The summed E-state index contributed by atoms with van der Waals surface area (Å²) in [5.41, 5.74) is 4.02. The standard InChI is InChI=1S/C17H20N2O/c1-13-15-7-3-4-8-16(15)19(2)17(13)12-18-10-9-14-6-5-11-20-14/h3-8,11,18H,9-10,12H2,1-2H3. The van der Waals surface area contributed by atoms with Crippen LogP contribution >= 0.6 is 0 Å². The van der Waals surface area contributed by atoms with Crippen molar-refractivity contribution >= 4 is 10.9 Å². The molecule has 1 aromatic carbocycles. The van der Waals surface area contributed by atoms with Crippen molar-refractivity contribution in [1.82, 2.24) is 9.88 Å². The van der Waals surface area contributed by atoms with E-state index in [4.69, 9.17) is 4.42 Å². The van der Waals surface area contributed by atoms with Crippen molar-refractivity contribution in [2.45, 2.75) is 19.9 Å². The molecular weight excluding hydrogens is 248 g/mol. The molecule has 0 bridgehead atoms. The maximum Gasteiger partial charge on any atom is 0.105 e. The molecule has 3 aromatic rings. The molecule has 2 heterocycles. The molecule has 0 aliphatic carbocycles. The Kier molecular flexibility index (Phi) is 3.61. The molecule has 3 rings (SSSR count). The molecular formula is C17H20N2O. The third kappa shape index (κ3) is 2.37. The fraction of sp³-hybridized carbons (Fsp3) is 0.294. The minimum absolute atomic E-state index is 0.887. The first-order valence-electron chi connectivity index (χ1n) is 7.03. The Hall–Kier alpha value is -2.00. The molecule has 0 atom stereocenters. The van der Waals surface area contributed by atoms with Crippen LogP contribution in [0.5, 0.6) is 0 Å². The van der Waals surface area contributed by atoms with Crippen LogP contribution in [0.15, 0.2) is 47.1 Å². The number of hydrogen-bond donors (Lipinski definition) is 1. The molecule has 20 heavy (non-hydrogen) atoms. The van der Waals surface area contributed by atoms with E-state index in [0.29, 0.717) is 0 Å². The van der Waals surface area contributed by atoms with Crippen LogP contribution in [0.4, 0.5) is 0 Å². The minimum Gasteiger partial charge on any atom is -0.469 e. The van der Waals surface area contributed by atoms with E-state index in [1.807, 2.05) is 12.1 Å². The summed E-state index contributed by atoms with van der Waals surface area (Å²) in [5.74, 6) is 1.03. The molecule has 0 aliphatic rings. The average molecular weight is 268 g/mol. The first-order valence-corrected chi connectivity index (χ1v) is 7.03. The summed E-state index contributed by atoms with van der Waals surface area (Å²) in [7, 11) is 2.14. The van der Waals surface area contributed by atoms with Gasteiger partial charge in [-0.05, 0) is 30.7 Å². The number of hydrogen-bond acceptors (Lipinski definition) is 2. The van der Waals surface area contributed by atoms with E-state index < -0.39 is 0 Å². The van der Waals surface area contributed by atoms with Gasteiger partial charge in [-0.2, -0.15) is 0 Å². The number of para-hydroxylation sites is 1. The molecule has 3 nitrogen and oxygen atoms in total. The number of fused-ring (bicyclic) bond motifs is 1. The van der Waals surface area contributed by atoms with Gasteiger partial charge in [0.15, 0.2) is 0 Å². The highest BCUT2D eigenvalue weighted by Crippen LogP contribution is 2.24. The second-order valence-corrected chi connectivity index (χ2v) is 5.15. The van der Waals surface area contributed by atoms with Crippen molar-refractivity contribution in [3.63, 3.8) is 0 Å². The topological polar surface area (TPSA) is 30.1 Å². The van der Waals surface area contributed by atoms with Gasteiger partial charge in [0.1, 0.15) is 5.76 Å². The Morgan fingerprint density at radius 2 is 2.00 bits per heavy atom. The molecule has 0 amide bonds. The highest BCUT2D eigenvalue weighted by molar-refractivity contribution is 5.85. The summed E-state index contributed by atoms with van der Waals surface area (Å²) in [6, 6.07) is 12.5. The lowest BCUT2D eigenvalue weighted by Crippen LogP contribution is -2.18. The highest BCUT2D eigenvalue weighted by Gasteiger charge is 2.10. The number of aromatic nitrogens is 1. The van der Waals surface area contributed by atoms with Gasteiger partial charge in [0, 0.05) is 43.2 Å². The van der Waals surface area contributed by atoms with Gasteiger partial charge in [0.2, 0.25) is 0 Å². The van der Waals surface area contributed by atoms with Gasteiger partial charge >= 0.3 is 0 Å². The molecule has 104 valence electrons. The number of aryl methyl sites for hydroxylation is 2. The van der Waals surface area contributed by atoms with Crippen molar-refractivity contribution in [1.29, 1.82) is 0 Å². The molecule has 0 aliphatic heterocycles. The van der Waals surface area contributed by atoms with Gasteiger partial charge in [0.25, 0.3) is 0 Å². The van der Waals surface area contributed by atoms with E-state index in [1.54, 1.807) is 6.26 Å². The molecule has 3 heteroatoms. The number of furan rings is 1. The lowest BCUT2D eigenvalue weighted by atomic mass is 10.1. The zero-order valence-electron chi connectivity index (χ0n) is 12.0. The zero-order chi connectivity index (χ0) is 13.9. The summed E-state index contributed by atoms with van der Waals surface area (Å²) in [4.78, 5) is 0. The first-order chi connectivity index (χ1) is 9.77. The van der Waals surface area contributed by atoms with Crippen molar-refractivity contribution in [2.24, 2.45) is 7.05 Å². The predicted octanol–water partition coefficient (Wildman–Crippen LogP) is 3.41. The van der Waals surface area contributed by atoms with Crippen molar-refractivity contribution in [2.75, 3.05) is 6.54 Å². The summed E-state index contributed by atoms with van der Waals surface area (Å²) >= 11 is 0. The van der Waals surface area contributed by atoms with Gasteiger partial charge in [-0.15, -0.1) is 0 Å². The van der Waals surface area contributed by atoms with Crippen molar-refractivity contribution in [3.8, 4) is 0 Å². The number of nitrogens with one attached hydrogen (secondary N) is 1. The van der Waals surface area contributed by atoms with E-state index >= 15 is 0 Å². The summed E-state index contributed by atoms with van der Waals surface area (Å²) in [6.07, 6.45) is 2.65. The third-order valence-electron chi connectivity index (χ3n) is 3.93. The van der Waals surface area contributed by atoms with E-state index in [2.05, 4.69) is 48.1 Å². The molecule has 0 saturated carbocycles. The maximum atomic E-state index is 5.34. The second-order valence-electron chi connectivity index (χ2n) is 5.15.